The van der Waals surface area contributed by atoms with Gasteiger partial charge in [0.25, 0.3) is 0 Å². The number of hydrogen-bond acceptors (Lipinski definition) is 1. The molecule has 0 aromatic carbocycles. The molecule has 0 aromatic rings. The van der Waals surface area contributed by atoms with Crippen molar-refractivity contribution in [2.24, 2.45) is 5.41 Å². The molecular formula is C8H15O. The Kier molecular flexibility index (Phi) is 1.35. The predicted molar refractivity (Wildman–Crippen MR) is 38.1 cm³/mol. The summed E-state index contributed by atoms with van der Waals surface area (Å²) in [6.45, 7) is 9.61. The third kappa shape index (κ3) is 2.35. The molecule has 1 atom stereocenters. The Hall–Kier alpha value is -0.0400. The van der Waals surface area contributed by atoms with Gasteiger partial charge in [0.05, 0.1) is 12.2 Å². The van der Waals surface area contributed by atoms with Gasteiger partial charge in [0.1, 0.15) is 0 Å². The normalized spacial score (nSPS) is 34.7. The molecule has 1 aliphatic heterocycles. The van der Waals surface area contributed by atoms with Crippen LogP contribution >= 0.6 is 0 Å². The van der Waals surface area contributed by atoms with Gasteiger partial charge in [0.15, 0.2) is 0 Å². The van der Waals surface area contributed by atoms with Crippen molar-refractivity contribution in [2.45, 2.75) is 33.3 Å². The second kappa shape index (κ2) is 1.72. The molecule has 1 nitrogen and oxygen atoms in total. The van der Waals surface area contributed by atoms with Crippen molar-refractivity contribution in [3.05, 3.63) is 6.42 Å². The van der Waals surface area contributed by atoms with E-state index >= 15 is 0 Å². The Labute approximate surface area is 57.4 Å². The van der Waals surface area contributed by atoms with Crippen LogP contribution in [0.4, 0.5) is 0 Å². The van der Waals surface area contributed by atoms with E-state index < -0.39 is 0 Å². The lowest BCUT2D eigenvalue weighted by Gasteiger charge is -2.19. The second-order valence-corrected chi connectivity index (χ2v) is 4.11. The van der Waals surface area contributed by atoms with E-state index in [9.17, 15) is 0 Å². The summed E-state index contributed by atoms with van der Waals surface area (Å²) in [4.78, 5) is 0. The predicted octanol–water partition coefficient (Wildman–Crippen LogP) is 2.03. The summed E-state index contributed by atoms with van der Waals surface area (Å²) in [5.74, 6) is 0. The van der Waals surface area contributed by atoms with Gasteiger partial charge in [-0.3, -0.25) is 0 Å². The summed E-state index contributed by atoms with van der Waals surface area (Å²) < 4.78 is 5.22. The van der Waals surface area contributed by atoms with Gasteiger partial charge in [-0.2, -0.15) is 0 Å². The smallest absolute Gasteiger partial charge is 0.0925 e. The van der Waals surface area contributed by atoms with E-state index in [-0.39, 0.29) is 5.60 Å². The molecule has 1 fully saturated rings. The lowest BCUT2D eigenvalue weighted by Crippen LogP contribution is -2.18. The second-order valence-electron chi connectivity index (χ2n) is 4.11. The quantitative estimate of drug-likeness (QED) is 0.491. The van der Waals surface area contributed by atoms with Crippen molar-refractivity contribution in [1.29, 1.82) is 0 Å². The maximum Gasteiger partial charge on any atom is 0.0925 e. The van der Waals surface area contributed by atoms with Crippen LogP contribution in [0.15, 0.2) is 0 Å². The number of ether oxygens (including phenoxy) is 1. The Bertz CT molecular complexity index is 103. The summed E-state index contributed by atoms with van der Waals surface area (Å²) in [5, 5.41) is 0. The lowest BCUT2D eigenvalue weighted by atomic mass is 9.86. The van der Waals surface area contributed by atoms with Crippen LogP contribution in [0.5, 0.6) is 0 Å². The van der Waals surface area contributed by atoms with Gasteiger partial charge >= 0.3 is 0 Å². The minimum Gasteiger partial charge on any atom is -0.370 e. The molecular weight excluding hydrogens is 112 g/mol. The van der Waals surface area contributed by atoms with E-state index in [0.29, 0.717) is 5.41 Å². The third-order valence-corrected chi connectivity index (χ3v) is 1.34. The van der Waals surface area contributed by atoms with Crippen molar-refractivity contribution in [1.82, 2.24) is 0 Å². The van der Waals surface area contributed by atoms with Crippen molar-refractivity contribution < 1.29 is 4.74 Å². The fraction of sp³-hybridized carbons (Fsp3) is 0.875. The fourth-order valence-electron chi connectivity index (χ4n) is 1.11. The molecule has 0 amide bonds. The first-order valence-corrected chi connectivity index (χ1v) is 3.42. The molecule has 1 heteroatoms. The topological polar surface area (TPSA) is 12.5 Å². The molecule has 0 saturated carbocycles. The van der Waals surface area contributed by atoms with Gasteiger partial charge in [-0.15, -0.1) is 0 Å². The van der Waals surface area contributed by atoms with Crippen molar-refractivity contribution in [3.63, 3.8) is 0 Å². The zero-order valence-corrected chi connectivity index (χ0v) is 6.69. The molecule has 1 radical (unpaired) electrons. The number of rotatable bonds is 1. The van der Waals surface area contributed by atoms with Crippen LogP contribution in [0.3, 0.4) is 0 Å². The van der Waals surface area contributed by atoms with E-state index in [4.69, 9.17) is 4.74 Å². The van der Waals surface area contributed by atoms with Gasteiger partial charge in [0.2, 0.25) is 0 Å². The van der Waals surface area contributed by atoms with Crippen LogP contribution in [0.1, 0.15) is 27.7 Å². The van der Waals surface area contributed by atoms with Gasteiger partial charge in [-0.05, 0) is 12.3 Å². The van der Waals surface area contributed by atoms with E-state index in [1.807, 2.05) is 0 Å². The minimum atomic E-state index is 0.109. The van der Waals surface area contributed by atoms with Crippen molar-refractivity contribution >= 4 is 0 Å². The van der Waals surface area contributed by atoms with E-state index in [1.54, 1.807) is 0 Å². The van der Waals surface area contributed by atoms with E-state index in [2.05, 4.69) is 34.1 Å². The minimum absolute atomic E-state index is 0.109. The third-order valence-electron chi connectivity index (χ3n) is 1.34. The molecule has 0 bridgehead atoms. The number of hydrogen-bond donors (Lipinski definition) is 0. The molecule has 1 heterocycles. The van der Waals surface area contributed by atoms with Crippen LogP contribution in [0.25, 0.3) is 0 Å². The van der Waals surface area contributed by atoms with Crippen molar-refractivity contribution in [2.75, 3.05) is 6.61 Å². The summed E-state index contributed by atoms with van der Waals surface area (Å²) in [6, 6.07) is 0. The van der Waals surface area contributed by atoms with E-state index in [0.717, 1.165) is 6.61 Å². The van der Waals surface area contributed by atoms with Crippen LogP contribution in [-0.2, 0) is 4.74 Å². The molecule has 0 N–H and O–H groups in total. The molecule has 9 heavy (non-hydrogen) atoms. The highest BCUT2D eigenvalue weighted by Crippen LogP contribution is 2.37. The first kappa shape index (κ1) is 7.07. The standard InChI is InChI=1S/C8H15O/c1-7(2,3)5-8(4)6-9-8/h5H,6H2,1-4H3. The molecule has 1 unspecified atom stereocenters. The van der Waals surface area contributed by atoms with Crippen LogP contribution in [0.2, 0.25) is 0 Å². The summed E-state index contributed by atoms with van der Waals surface area (Å²) in [5.41, 5.74) is 0.406. The van der Waals surface area contributed by atoms with E-state index in [1.165, 1.54) is 0 Å². The summed E-state index contributed by atoms with van der Waals surface area (Å²) >= 11 is 0. The highest BCUT2D eigenvalue weighted by Gasteiger charge is 2.42. The van der Waals surface area contributed by atoms with Crippen LogP contribution in [0, 0.1) is 11.8 Å². The van der Waals surface area contributed by atoms with Crippen LogP contribution in [-0.4, -0.2) is 12.2 Å². The zero-order chi connectivity index (χ0) is 7.12. The molecule has 1 rings (SSSR count). The van der Waals surface area contributed by atoms with Crippen molar-refractivity contribution in [3.8, 4) is 0 Å². The largest absolute Gasteiger partial charge is 0.370 e. The van der Waals surface area contributed by atoms with Crippen LogP contribution < -0.4 is 0 Å². The molecule has 0 spiro atoms. The zero-order valence-electron chi connectivity index (χ0n) is 6.69. The molecule has 0 aliphatic carbocycles. The Morgan fingerprint density at radius 3 is 2.00 bits per heavy atom. The fourth-order valence-corrected chi connectivity index (χ4v) is 1.11. The average Bonchev–Trinajstić information content (AvgIpc) is 2.12. The highest BCUT2D eigenvalue weighted by atomic mass is 16.6. The van der Waals surface area contributed by atoms with Gasteiger partial charge in [-0.25, -0.2) is 0 Å². The summed E-state index contributed by atoms with van der Waals surface area (Å²) in [7, 11) is 0. The average molecular weight is 127 g/mol. The molecule has 53 valence electrons. The lowest BCUT2D eigenvalue weighted by molar-refractivity contribution is 0.307. The summed E-state index contributed by atoms with van der Waals surface area (Å²) in [6.07, 6.45) is 2.26. The monoisotopic (exact) mass is 127 g/mol. The first-order chi connectivity index (χ1) is 3.91. The Morgan fingerprint density at radius 2 is 1.89 bits per heavy atom. The van der Waals surface area contributed by atoms with Gasteiger partial charge in [-0.1, -0.05) is 20.8 Å². The number of epoxide rings is 1. The Morgan fingerprint density at radius 1 is 1.44 bits per heavy atom. The Balaban J connectivity index is 2.33. The molecule has 1 aliphatic rings. The van der Waals surface area contributed by atoms with Gasteiger partial charge in [0, 0.05) is 6.42 Å². The highest BCUT2D eigenvalue weighted by molar-refractivity contribution is 5.05. The SMILES string of the molecule is CC(C)(C)[CH]C1(C)CO1. The first-order valence-electron chi connectivity index (χ1n) is 3.42. The maximum absolute atomic E-state index is 5.22. The van der Waals surface area contributed by atoms with Gasteiger partial charge < -0.3 is 4.74 Å². The molecule has 1 saturated heterocycles. The maximum atomic E-state index is 5.22. The molecule has 0 aromatic heterocycles.